The molecule has 144 valence electrons. The van der Waals surface area contributed by atoms with Crippen LogP contribution in [0.1, 0.15) is 12.5 Å². The molecule has 0 saturated carbocycles. The van der Waals surface area contributed by atoms with Gasteiger partial charge in [0.25, 0.3) is 0 Å². The van der Waals surface area contributed by atoms with E-state index in [0.29, 0.717) is 28.9 Å². The predicted octanol–water partition coefficient (Wildman–Crippen LogP) is 4.58. The van der Waals surface area contributed by atoms with Gasteiger partial charge in [-0.2, -0.15) is 5.10 Å². The number of anilines is 1. The molecule has 1 amide bonds. The molecule has 6 nitrogen and oxygen atoms in total. The van der Waals surface area contributed by atoms with Gasteiger partial charge in [0.05, 0.1) is 24.4 Å². The molecule has 3 aromatic rings. The van der Waals surface area contributed by atoms with Crippen LogP contribution >= 0.6 is 11.6 Å². The first-order valence-electron chi connectivity index (χ1n) is 8.71. The van der Waals surface area contributed by atoms with E-state index in [2.05, 4.69) is 10.4 Å². The lowest BCUT2D eigenvalue weighted by atomic mass is 10.2. The Morgan fingerprint density at radius 1 is 1.25 bits per heavy atom. The van der Waals surface area contributed by atoms with E-state index >= 15 is 0 Å². The predicted molar refractivity (Wildman–Crippen MR) is 110 cm³/mol. The number of amides is 1. The number of hydrogen-bond donors (Lipinski definition) is 1. The van der Waals surface area contributed by atoms with Gasteiger partial charge in [-0.15, -0.1) is 0 Å². The van der Waals surface area contributed by atoms with Crippen LogP contribution in [0, 0.1) is 0 Å². The van der Waals surface area contributed by atoms with Crippen LogP contribution < -0.4 is 14.8 Å². The summed E-state index contributed by atoms with van der Waals surface area (Å²) >= 11 is 6.22. The number of rotatable bonds is 7. The zero-order chi connectivity index (χ0) is 19.9. The first kappa shape index (κ1) is 19.5. The second-order valence-corrected chi connectivity index (χ2v) is 6.18. The molecule has 0 fully saturated rings. The summed E-state index contributed by atoms with van der Waals surface area (Å²) in [5, 5.41) is 7.49. The van der Waals surface area contributed by atoms with E-state index < -0.39 is 0 Å². The summed E-state index contributed by atoms with van der Waals surface area (Å²) in [6.07, 6.45) is 4.85. The Labute approximate surface area is 168 Å². The van der Waals surface area contributed by atoms with Crippen molar-refractivity contribution in [2.75, 3.05) is 19.0 Å². The van der Waals surface area contributed by atoms with Crippen molar-refractivity contribution in [1.29, 1.82) is 0 Å². The number of carbonyl (C=O) groups is 1. The number of ether oxygens (including phenoxy) is 2. The van der Waals surface area contributed by atoms with Crippen molar-refractivity contribution >= 4 is 29.4 Å². The molecule has 0 spiro atoms. The van der Waals surface area contributed by atoms with Crippen LogP contribution in [-0.2, 0) is 4.79 Å². The van der Waals surface area contributed by atoms with E-state index in [0.717, 1.165) is 11.3 Å². The van der Waals surface area contributed by atoms with Gasteiger partial charge in [0.15, 0.2) is 17.3 Å². The summed E-state index contributed by atoms with van der Waals surface area (Å²) in [4.78, 5) is 12.2. The molecule has 0 atom stereocenters. The third-order valence-corrected chi connectivity index (χ3v) is 4.10. The number of halogens is 1. The van der Waals surface area contributed by atoms with Gasteiger partial charge in [0.2, 0.25) is 5.91 Å². The van der Waals surface area contributed by atoms with Gasteiger partial charge in [0.1, 0.15) is 0 Å². The highest BCUT2D eigenvalue weighted by atomic mass is 35.5. The highest BCUT2D eigenvalue weighted by Gasteiger charge is 2.11. The summed E-state index contributed by atoms with van der Waals surface area (Å²) in [6.45, 7) is 2.35. The molecular weight excluding hydrogens is 378 g/mol. The van der Waals surface area contributed by atoms with Crippen molar-refractivity contribution < 1.29 is 14.3 Å². The van der Waals surface area contributed by atoms with E-state index in [4.69, 9.17) is 21.1 Å². The fourth-order valence-corrected chi connectivity index (χ4v) is 2.90. The Morgan fingerprint density at radius 3 is 2.75 bits per heavy atom. The number of carbonyl (C=O) groups excluding carboxylic acids is 1. The van der Waals surface area contributed by atoms with Crippen molar-refractivity contribution in [3.8, 4) is 17.2 Å². The van der Waals surface area contributed by atoms with E-state index in [1.54, 1.807) is 35.2 Å². The number of hydrogen-bond acceptors (Lipinski definition) is 4. The molecule has 2 aromatic carbocycles. The lowest BCUT2D eigenvalue weighted by molar-refractivity contribution is -0.111. The summed E-state index contributed by atoms with van der Waals surface area (Å²) in [7, 11) is 1.53. The standard InChI is InChI=1S/C21H20ClN3O3/c1-3-28-18-14-15(13-17(22)21(18)27-2)9-10-20(26)23-19-11-12-25(24-19)16-7-5-4-6-8-16/h4-14H,3H2,1-2H3,(H,23,24,26)/b10-9+. The van der Waals surface area contributed by atoms with Crippen LogP contribution in [0.4, 0.5) is 5.82 Å². The molecule has 0 aliphatic carbocycles. The molecular formula is C21H20ClN3O3. The summed E-state index contributed by atoms with van der Waals surface area (Å²) in [5.41, 5.74) is 1.63. The molecule has 28 heavy (non-hydrogen) atoms. The molecule has 0 aliphatic rings. The van der Waals surface area contributed by atoms with Crippen LogP contribution in [-0.4, -0.2) is 29.4 Å². The van der Waals surface area contributed by atoms with Crippen molar-refractivity contribution in [1.82, 2.24) is 9.78 Å². The Kier molecular flexibility index (Phi) is 6.34. The number of methoxy groups -OCH3 is 1. The Hall–Kier alpha value is -3.25. The highest BCUT2D eigenvalue weighted by molar-refractivity contribution is 6.32. The normalized spacial score (nSPS) is 10.8. The van der Waals surface area contributed by atoms with E-state index in [1.165, 1.54) is 13.2 Å². The van der Waals surface area contributed by atoms with Crippen molar-refractivity contribution in [3.63, 3.8) is 0 Å². The average Bonchev–Trinajstić information content (AvgIpc) is 3.16. The molecule has 0 aliphatic heterocycles. The molecule has 0 radical (unpaired) electrons. The third-order valence-electron chi connectivity index (χ3n) is 3.82. The van der Waals surface area contributed by atoms with Crippen molar-refractivity contribution in [2.24, 2.45) is 0 Å². The minimum atomic E-state index is -0.303. The number of nitrogens with zero attached hydrogens (tertiary/aromatic N) is 2. The van der Waals surface area contributed by atoms with Gasteiger partial charge in [-0.25, -0.2) is 4.68 Å². The monoisotopic (exact) mass is 397 g/mol. The van der Waals surface area contributed by atoms with Crippen molar-refractivity contribution in [3.05, 3.63) is 71.4 Å². The molecule has 0 unspecified atom stereocenters. The molecule has 0 saturated heterocycles. The molecule has 7 heteroatoms. The fraction of sp³-hybridized carbons (Fsp3) is 0.143. The lowest BCUT2D eigenvalue weighted by Gasteiger charge is -2.11. The largest absolute Gasteiger partial charge is 0.491 e. The van der Waals surface area contributed by atoms with Crippen LogP contribution in [0.5, 0.6) is 11.5 Å². The minimum Gasteiger partial charge on any atom is -0.491 e. The van der Waals surface area contributed by atoms with Gasteiger partial charge < -0.3 is 14.8 Å². The lowest BCUT2D eigenvalue weighted by Crippen LogP contribution is -2.08. The third kappa shape index (κ3) is 4.72. The van der Waals surface area contributed by atoms with Crippen molar-refractivity contribution in [2.45, 2.75) is 6.92 Å². The number of aromatic nitrogens is 2. The van der Waals surface area contributed by atoms with E-state index in [-0.39, 0.29) is 5.91 Å². The SMILES string of the molecule is CCOc1cc(/C=C/C(=O)Nc2ccn(-c3ccccc3)n2)cc(Cl)c1OC. The minimum absolute atomic E-state index is 0.303. The number of nitrogens with one attached hydrogen (secondary N) is 1. The van der Waals surface area contributed by atoms with Crippen LogP contribution in [0.25, 0.3) is 11.8 Å². The summed E-state index contributed by atoms with van der Waals surface area (Å²) < 4.78 is 12.5. The molecule has 1 heterocycles. The molecule has 1 N–H and O–H groups in total. The Bertz CT molecular complexity index is 984. The second kappa shape index (κ2) is 9.10. The summed E-state index contributed by atoms with van der Waals surface area (Å²) in [5.74, 6) is 1.15. The Balaban J connectivity index is 1.70. The number of para-hydroxylation sites is 1. The first-order valence-corrected chi connectivity index (χ1v) is 9.09. The maximum absolute atomic E-state index is 12.2. The average molecular weight is 398 g/mol. The first-order chi connectivity index (χ1) is 13.6. The van der Waals surface area contributed by atoms with Gasteiger partial charge in [0, 0.05) is 18.3 Å². The highest BCUT2D eigenvalue weighted by Crippen LogP contribution is 2.36. The molecule has 1 aromatic heterocycles. The van der Waals surface area contributed by atoms with Crippen LogP contribution in [0.15, 0.2) is 60.8 Å². The smallest absolute Gasteiger partial charge is 0.249 e. The Morgan fingerprint density at radius 2 is 2.04 bits per heavy atom. The van der Waals surface area contributed by atoms with Gasteiger partial charge >= 0.3 is 0 Å². The number of benzene rings is 2. The van der Waals surface area contributed by atoms with Crippen LogP contribution in [0.3, 0.4) is 0 Å². The van der Waals surface area contributed by atoms with E-state index in [1.807, 2.05) is 37.3 Å². The van der Waals surface area contributed by atoms with Gasteiger partial charge in [-0.3, -0.25) is 4.79 Å². The maximum Gasteiger partial charge on any atom is 0.249 e. The zero-order valence-electron chi connectivity index (χ0n) is 15.6. The molecule has 3 rings (SSSR count). The van der Waals surface area contributed by atoms with E-state index in [9.17, 15) is 4.79 Å². The molecule has 0 bridgehead atoms. The topological polar surface area (TPSA) is 65.4 Å². The fourth-order valence-electron chi connectivity index (χ4n) is 2.60. The maximum atomic E-state index is 12.2. The van der Waals surface area contributed by atoms with Gasteiger partial charge in [-0.1, -0.05) is 29.8 Å². The zero-order valence-corrected chi connectivity index (χ0v) is 16.3. The second-order valence-electron chi connectivity index (χ2n) is 5.77. The van der Waals surface area contributed by atoms with Crippen LogP contribution in [0.2, 0.25) is 5.02 Å². The van der Waals surface area contributed by atoms with Gasteiger partial charge in [-0.05, 0) is 42.8 Å². The quantitative estimate of drug-likeness (QED) is 0.592. The summed E-state index contributed by atoms with van der Waals surface area (Å²) in [6, 6.07) is 14.9.